The Labute approximate surface area is 98.9 Å². The number of rotatable bonds is 3. The predicted octanol–water partition coefficient (Wildman–Crippen LogP) is -2.49. The highest BCUT2D eigenvalue weighted by molar-refractivity contribution is 7.81. The standard InChI is InChI=1S/C9H18O6S/c1-3-5(12)7(14)9(16)8(15-3)6(13)4(11)2-10/h3-14,16H,2H2,1H3/t3-,4?,5+,6?,7+,8?,9-/m0/s1. The van der Waals surface area contributed by atoms with Crippen molar-refractivity contribution in [1.82, 2.24) is 0 Å². The van der Waals surface area contributed by atoms with Gasteiger partial charge in [-0.15, -0.1) is 0 Å². The van der Waals surface area contributed by atoms with E-state index in [0.717, 1.165) is 0 Å². The third-order valence-corrected chi connectivity index (χ3v) is 3.41. The number of hydrogen-bond acceptors (Lipinski definition) is 7. The Morgan fingerprint density at radius 2 is 1.81 bits per heavy atom. The molecule has 6 nitrogen and oxygen atoms in total. The first-order valence-electron chi connectivity index (χ1n) is 5.06. The Kier molecular flexibility index (Phi) is 4.99. The Hall–Kier alpha value is 0.110. The molecule has 0 bridgehead atoms. The summed E-state index contributed by atoms with van der Waals surface area (Å²) in [6.45, 7) is 0.924. The first-order chi connectivity index (χ1) is 7.40. The summed E-state index contributed by atoms with van der Waals surface area (Å²) >= 11 is 4.04. The van der Waals surface area contributed by atoms with Gasteiger partial charge in [-0.1, -0.05) is 0 Å². The fourth-order valence-electron chi connectivity index (χ4n) is 1.69. The predicted molar refractivity (Wildman–Crippen MR) is 58.2 cm³/mol. The molecule has 0 aromatic rings. The van der Waals surface area contributed by atoms with Crippen LogP contribution in [-0.4, -0.2) is 74.0 Å². The number of ether oxygens (including phenoxy) is 1. The fourth-order valence-corrected chi connectivity index (χ4v) is 2.12. The van der Waals surface area contributed by atoms with Gasteiger partial charge >= 0.3 is 0 Å². The van der Waals surface area contributed by atoms with Crippen molar-refractivity contribution in [3.63, 3.8) is 0 Å². The highest BCUT2D eigenvalue weighted by Gasteiger charge is 2.45. The van der Waals surface area contributed by atoms with Crippen molar-refractivity contribution in [2.75, 3.05) is 6.61 Å². The smallest absolute Gasteiger partial charge is 0.109 e. The van der Waals surface area contributed by atoms with Crippen LogP contribution >= 0.6 is 12.6 Å². The number of aliphatic hydroxyl groups excluding tert-OH is 5. The maximum Gasteiger partial charge on any atom is 0.109 e. The molecule has 0 aliphatic carbocycles. The van der Waals surface area contributed by atoms with E-state index in [4.69, 9.17) is 9.84 Å². The zero-order valence-electron chi connectivity index (χ0n) is 8.84. The van der Waals surface area contributed by atoms with Gasteiger partial charge in [0.1, 0.15) is 24.4 Å². The van der Waals surface area contributed by atoms with Gasteiger partial charge in [0.05, 0.1) is 24.1 Å². The van der Waals surface area contributed by atoms with E-state index in [-0.39, 0.29) is 0 Å². The van der Waals surface area contributed by atoms with E-state index in [2.05, 4.69) is 12.6 Å². The van der Waals surface area contributed by atoms with E-state index < -0.39 is 48.5 Å². The molecule has 0 aromatic heterocycles. The van der Waals surface area contributed by atoms with E-state index >= 15 is 0 Å². The molecular weight excluding hydrogens is 236 g/mol. The van der Waals surface area contributed by atoms with E-state index in [1.807, 2.05) is 0 Å². The van der Waals surface area contributed by atoms with Gasteiger partial charge in [-0.05, 0) is 6.92 Å². The van der Waals surface area contributed by atoms with Crippen molar-refractivity contribution in [3.8, 4) is 0 Å². The average molecular weight is 254 g/mol. The van der Waals surface area contributed by atoms with Crippen molar-refractivity contribution in [1.29, 1.82) is 0 Å². The number of thiol groups is 1. The highest BCUT2D eigenvalue weighted by atomic mass is 32.1. The summed E-state index contributed by atoms with van der Waals surface area (Å²) in [5.41, 5.74) is 0. The molecule has 7 heteroatoms. The van der Waals surface area contributed by atoms with Gasteiger partial charge in [-0.2, -0.15) is 12.6 Å². The minimum atomic E-state index is -1.37. The quantitative estimate of drug-likeness (QED) is 0.311. The SMILES string of the molecule is C[C@@H]1OC(C(O)C(O)CO)[C@@H](S)[C@H](O)[C@@H]1O. The van der Waals surface area contributed by atoms with Crippen molar-refractivity contribution >= 4 is 12.6 Å². The van der Waals surface area contributed by atoms with Crippen LogP contribution in [0.1, 0.15) is 6.92 Å². The summed E-state index contributed by atoms with van der Waals surface area (Å²) in [6, 6.07) is 0. The third kappa shape index (κ3) is 2.67. The van der Waals surface area contributed by atoms with Gasteiger partial charge in [0, 0.05) is 0 Å². The maximum absolute atomic E-state index is 9.66. The van der Waals surface area contributed by atoms with Gasteiger partial charge < -0.3 is 30.3 Å². The summed E-state index contributed by atoms with van der Waals surface area (Å²) in [4.78, 5) is 0. The lowest BCUT2D eigenvalue weighted by Gasteiger charge is -2.42. The normalized spacial score (nSPS) is 44.1. The molecule has 1 aliphatic rings. The lowest BCUT2D eigenvalue weighted by Crippen LogP contribution is -2.60. The summed E-state index contributed by atoms with van der Waals surface area (Å²) in [7, 11) is 0. The van der Waals surface area contributed by atoms with Crippen molar-refractivity contribution < 1.29 is 30.3 Å². The summed E-state index contributed by atoms with van der Waals surface area (Å²) in [6.07, 6.45) is -6.59. The number of aliphatic hydroxyl groups is 5. The second kappa shape index (κ2) is 5.63. The molecule has 96 valence electrons. The lowest BCUT2D eigenvalue weighted by molar-refractivity contribution is -0.197. The molecule has 1 aliphatic heterocycles. The molecule has 16 heavy (non-hydrogen) atoms. The number of hydrogen-bond donors (Lipinski definition) is 6. The Morgan fingerprint density at radius 3 is 2.31 bits per heavy atom. The molecule has 0 aromatic carbocycles. The lowest BCUT2D eigenvalue weighted by atomic mass is 9.93. The molecule has 0 spiro atoms. The molecule has 0 saturated carbocycles. The van der Waals surface area contributed by atoms with Crippen molar-refractivity contribution in [3.05, 3.63) is 0 Å². The van der Waals surface area contributed by atoms with Crippen LogP contribution in [-0.2, 0) is 4.74 Å². The van der Waals surface area contributed by atoms with E-state index in [9.17, 15) is 20.4 Å². The van der Waals surface area contributed by atoms with E-state index in [0.29, 0.717) is 0 Å². The second-order valence-electron chi connectivity index (χ2n) is 4.02. The van der Waals surface area contributed by atoms with Crippen LogP contribution in [0.2, 0.25) is 0 Å². The Morgan fingerprint density at radius 1 is 1.25 bits per heavy atom. The molecule has 1 heterocycles. The van der Waals surface area contributed by atoms with Crippen molar-refractivity contribution in [2.45, 2.75) is 48.8 Å². The van der Waals surface area contributed by atoms with Crippen molar-refractivity contribution in [2.24, 2.45) is 0 Å². The molecule has 5 N–H and O–H groups in total. The largest absolute Gasteiger partial charge is 0.394 e. The molecule has 0 radical (unpaired) electrons. The first kappa shape index (κ1) is 14.2. The monoisotopic (exact) mass is 254 g/mol. The van der Waals surface area contributed by atoms with Crippen LogP contribution in [0.15, 0.2) is 0 Å². The first-order valence-corrected chi connectivity index (χ1v) is 5.58. The van der Waals surface area contributed by atoms with Crippen LogP contribution in [0, 0.1) is 0 Å². The third-order valence-electron chi connectivity index (χ3n) is 2.81. The molecule has 7 atom stereocenters. The molecule has 3 unspecified atom stereocenters. The zero-order chi connectivity index (χ0) is 12.5. The van der Waals surface area contributed by atoms with Gasteiger partial charge in [-0.3, -0.25) is 0 Å². The molecule has 1 saturated heterocycles. The van der Waals surface area contributed by atoms with Crippen LogP contribution in [0.25, 0.3) is 0 Å². The molecular formula is C9H18O6S. The van der Waals surface area contributed by atoms with Crippen LogP contribution in [0.5, 0.6) is 0 Å². The van der Waals surface area contributed by atoms with Crippen LogP contribution in [0.3, 0.4) is 0 Å². The van der Waals surface area contributed by atoms with Gasteiger partial charge in [0.25, 0.3) is 0 Å². The van der Waals surface area contributed by atoms with E-state index in [1.54, 1.807) is 6.92 Å². The average Bonchev–Trinajstić information content (AvgIpc) is 2.29. The van der Waals surface area contributed by atoms with Gasteiger partial charge in [0.2, 0.25) is 0 Å². The minimum absolute atomic E-state index is 0.617. The van der Waals surface area contributed by atoms with Gasteiger partial charge in [0.15, 0.2) is 0 Å². The van der Waals surface area contributed by atoms with E-state index in [1.165, 1.54) is 0 Å². The summed E-state index contributed by atoms with van der Waals surface area (Å²) in [5.74, 6) is 0. The molecule has 0 amide bonds. The Balaban J connectivity index is 2.73. The second-order valence-corrected chi connectivity index (χ2v) is 4.61. The highest BCUT2D eigenvalue weighted by Crippen LogP contribution is 2.27. The molecule has 1 rings (SSSR count). The zero-order valence-corrected chi connectivity index (χ0v) is 9.73. The maximum atomic E-state index is 9.66. The van der Waals surface area contributed by atoms with Crippen LogP contribution in [0.4, 0.5) is 0 Å². The van der Waals surface area contributed by atoms with Gasteiger partial charge in [-0.25, -0.2) is 0 Å². The summed E-state index contributed by atoms with van der Waals surface area (Å²) in [5, 5.41) is 45.9. The molecule has 1 fully saturated rings. The minimum Gasteiger partial charge on any atom is -0.394 e. The topological polar surface area (TPSA) is 110 Å². The van der Waals surface area contributed by atoms with Crippen LogP contribution < -0.4 is 0 Å². The Bertz CT molecular complexity index is 224. The fraction of sp³-hybridized carbons (Fsp3) is 1.00. The summed E-state index contributed by atoms with van der Waals surface area (Å²) < 4.78 is 5.26.